The van der Waals surface area contributed by atoms with Crippen LogP contribution in [-0.2, 0) is 19.2 Å². The van der Waals surface area contributed by atoms with Gasteiger partial charge in [0, 0.05) is 6.54 Å². The van der Waals surface area contributed by atoms with Crippen LogP contribution in [0.25, 0.3) is 0 Å². The van der Waals surface area contributed by atoms with E-state index in [1.165, 1.54) is 17.4 Å². The summed E-state index contributed by atoms with van der Waals surface area (Å²) in [5.74, 6) is -3.55. The van der Waals surface area contributed by atoms with E-state index in [4.69, 9.17) is 10.2 Å². The van der Waals surface area contributed by atoms with Crippen LogP contribution in [0.4, 0.5) is 4.79 Å². The smallest absolute Gasteiger partial charge is 0.316 e. The first-order valence-electron chi connectivity index (χ1n) is 15.0. The molecule has 0 bridgehead atoms. The lowest BCUT2D eigenvalue weighted by Crippen LogP contribution is -2.61. The Morgan fingerprint density at radius 2 is 1.70 bits per heavy atom. The second-order valence-electron chi connectivity index (χ2n) is 13.6. The van der Waals surface area contributed by atoms with E-state index in [-0.39, 0.29) is 36.1 Å². The number of carbonyl (C=O) groups excluding carboxylic acids is 6. The van der Waals surface area contributed by atoms with E-state index in [2.05, 4.69) is 20.9 Å². The maximum absolute atomic E-state index is 14.1. The Bertz CT molecular complexity index is 1200. The fourth-order valence-corrected chi connectivity index (χ4v) is 5.34. The normalized spacial score (nSPS) is 20.8. The minimum atomic E-state index is -1.12. The van der Waals surface area contributed by atoms with E-state index in [9.17, 15) is 28.8 Å². The summed E-state index contributed by atoms with van der Waals surface area (Å²) in [5, 5.41) is 8.10. The summed E-state index contributed by atoms with van der Waals surface area (Å²) in [4.78, 5) is 83.4. The molecule has 0 spiro atoms. The maximum Gasteiger partial charge on any atom is 0.316 e. The van der Waals surface area contributed by atoms with Gasteiger partial charge in [-0.05, 0) is 41.9 Å². The third-order valence-corrected chi connectivity index (χ3v) is 8.27. The number of oxazole rings is 1. The van der Waals surface area contributed by atoms with Crippen LogP contribution in [0.2, 0.25) is 0 Å². The molecule has 1 unspecified atom stereocenters. The summed E-state index contributed by atoms with van der Waals surface area (Å²) >= 11 is 0. The summed E-state index contributed by atoms with van der Waals surface area (Å²) in [6.45, 7) is 13.2. The summed E-state index contributed by atoms with van der Waals surface area (Å²) in [6.07, 6.45) is 5.10. The van der Waals surface area contributed by atoms with Gasteiger partial charge in [-0.25, -0.2) is 9.78 Å². The predicted molar refractivity (Wildman–Crippen MR) is 156 cm³/mol. The molecule has 2 aliphatic rings. The molecule has 13 heteroatoms. The Hall–Kier alpha value is -3.77. The average Bonchev–Trinajstić information content (AvgIpc) is 3.37. The minimum Gasteiger partial charge on any atom is -0.442 e. The monoisotopic (exact) mass is 602 g/mol. The van der Waals surface area contributed by atoms with Crippen LogP contribution in [0.1, 0.15) is 84.8 Å². The third-order valence-electron chi connectivity index (χ3n) is 8.27. The molecule has 1 saturated carbocycles. The van der Waals surface area contributed by atoms with Crippen LogP contribution < -0.4 is 21.7 Å². The highest BCUT2D eigenvalue weighted by atomic mass is 16.3. The van der Waals surface area contributed by atoms with Crippen molar-refractivity contribution >= 4 is 35.3 Å². The maximum atomic E-state index is 14.1. The number of nitrogens with one attached hydrogen (secondary N) is 3. The van der Waals surface area contributed by atoms with Gasteiger partial charge in [-0.2, -0.15) is 0 Å². The number of carbonyl (C=O) groups is 6. The number of nitrogens with two attached hydrogens (primary N) is 1. The van der Waals surface area contributed by atoms with E-state index in [1.54, 1.807) is 34.6 Å². The van der Waals surface area contributed by atoms with E-state index in [0.29, 0.717) is 12.8 Å². The highest BCUT2D eigenvalue weighted by Crippen LogP contribution is 2.35. The number of hydrogen-bond acceptors (Lipinski definition) is 8. The van der Waals surface area contributed by atoms with Crippen molar-refractivity contribution < 1.29 is 33.2 Å². The van der Waals surface area contributed by atoms with Crippen molar-refractivity contribution in [1.82, 2.24) is 25.8 Å². The van der Waals surface area contributed by atoms with Crippen molar-refractivity contribution in [2.75, 3.05) is 6.54 Å². The highest BCUT2D eigenvalue weighted by Gasteiger charge is 2.46. The lowest BCUT2D eigenvalue weighted by Gasteiger charge is -2.36. The lowest BCUT2D eigenvalue weighted by atomic mass is 9.85. The molecule has 2 heterocycles. The Kier molecular flexibility index (Phi) is 10.7. The largest absolute Gasteiger partial charge is 0.442 e. The summed E-state index contributed by atoms with van der Waals surface area (Å²) in [6, 6.07) is -4.72. The van der Waals surface area contributed by atoms with Crippen molar-refractivity contribution in [2.45, 2.75) is 98.3 Å². The number of nitrogens with zero attached hydrogens (tertiary/aromatic N) is 2. The van der Waals surface area contributed by atoms with Crippen LogP contribution in [-0.4, -0.2) is 75.9 Å². The van der Waals surface area contributed by atoms with Crippen molar-refractivity contribution in [3.05, 3.63) is 18.4 Å². The minimum absolute atomic E-state index is 0.00777. The number of aromatic nitrogens is 1. The van der Waals surface area contributed by atoms with Gasteiger partial charge in [0.25, 0.3) is 11.8 Å². The van der Waals surface area contributed by atoms with Crippen LogP contribution in [0.3, 0.4) is 0 Å². The third kappa shape index (κ3) is 8.64. The summed E-state index contributed by atoms with van der Waals surface area (Å²) in [7, 11) is 0. The van der Waals surface area contributed by atoms with Gasteiger partial charge >= 0.3 is 6.03 Å². The standard InChI is InChI=1S/C30H46N6O7/c1-15(2)18-13-20(26(40)33-19(12-17-8-9-17)22(37)25(31)39)36(14-18)28(41)24(30(5,6)7)35-29(42)34-21(16(3)4)23(38)27-32-10-11-43-27/h10-11,15-21,24H,8-9,12-14H2,1-7H3,(H2,31,39)(H,33,40)(H2,34,35,42)/t18-,19?,20+,21+,24-/m1/s1. The number of amides is 5. The zero-order valence-electron chi connectivity index (χ0n) is 26.1. The molecule has 0 aromatic carbocycles. The van der Waals surface area contributed by atoms with Gasteiger partial charge in [-0.15, -0.1) is 0 Å². The van der Waals surface area contributed by atoms with Gasteiger partial charge in [0.1, 0.15) is 24.4 Å². The number of ketones is 2. The van der Waals surface area contributed by atoms with Crippen LogP contribution in [0.15, 0.2) is 16.9 Å². The molecule has 238 valence electrons. The van der Waals surface area contributed by atoms with E-state index < -0.39 is 64.9 Å². The fraction of sp³-hybridized carbons (Fsp3) is 0.700. The summed E-state index contributed by atoms with van der Waals surface area (Å²) < 4.78 is 5.11. The van der Waals surface area contributed by atoms with E-state index in [0.717, 1.165) is 12.8 Å². The summed E-state index contributed by atoms with van der Waals surface area (Å²) in [5.41, 5.74) is 4.48. The first kappa shape index (κ1) is 33.7. The van der Waals surface area contributed by atoms with Crippen LogP contribution >= 0.6 is 0 Å². The molecule has 1 aliphatic heterocycles. The Labute approximate surface area is 252 Å². The molecule has 2 fully saturated rings. The number of rotatable bonds is 13. The molecule has 1 aromatic rings. The Balaban J connectivity index is 1.81. The van der Waals surface area contributed by atoms with Crippen molar-refractivity contribution in [3.63, 3.8) is 0 Å². The zero-order valence-corrected chi connectivity index (χ0v) is 26.1. The second-order valence-corrected chi connectivity index (χ2v) is 13.6. The molecular formula is C30H46N6O7. The molecule has 0 radical (unpaired) electrons. The zero-order chi connectivity index (χ0) is 32.2. The van der Waals surface area contributed by atoms with Gasteiger partial charge in [0.2, 0.25) is 23.4 Å². The Morgan fingerprint density at radius 1 is 1.05 bits per heavy atom. The highest BCUT2D eigenvalue weighted by molar-refractivity contribution is 6.37. The SMILES string of the molecule is CC(C)[C@@H]1C[C@@H](C(=O)NC(CC2CC2)C(=O)C(N)=O)N(C(=O)[C@@H](NC(=O)N[C@H](C(=O)c2ncco2)C(C)C)C(C)(C)C)C1. The van der Waals surface area contributed by atoms with Gasteiger partial charge < -0.3 is 31.0 Å². The predicted octanol–water partition coefficient (Wildman–Crippen LogP) is 1.81. The fourth-order valence-electron chi connectivity index (χ4n) is 5.34. The number of Topliss-reactive ketones (excluding diaryl/α,β-unsaturated/α-hetero) is 2. The molecule has 3 rings (SSSR count). The molecule has 1 saturated heterocycles. The molecule has 5 N–H and O–H groups in total. The number of urea groups is 1. The molecule has 1 aliphatic carbocycles. The van der Waals surface area contributed by atoms with Crippen LogP contribution in [0.5, 0.6) is 0 Å². The second kappa shape index (κ2) is 13.7. The first-order valence-corrected chi connectivity index (χ1v) is 15.0. The van der Waals surface area contributed by atoms with Gasteiger partial charge in [-0.1, -0.05) is 61.3 Å². The van der Waals surface area contributed by atoms with Crippen LogP contribution in [0, 0.1) is 29.1 Å². The quantitative estimate of drug-likeness (QED) is 0.194. The molecule has 13 nitrogen and oxygen atoms in total. The molecular weight excluding hydrogens is 556 g/mol. The van der Waals surface area contributed by atoms with Gasteiger partial charge in [0.15, 0.2) is 0 Å². The molecule has 43 heavy (non-hydrogen) atoms. The lowest BCUT2D eigenvalue weighted by molar-refractivity contribution is -0.143. The number of likely N-dealkylation sites (tertiary alicyclic amines) is 1. The van der Waals surface area contributed by atoms with E-state index >= 15 is 0 Å². The van der Waals surface area contributed by atoms with Crippen molar-refractivity contribution in [3.8, 4) is 0 Å². The Morgan fingerprint density at radius 3 is 2.19 bits per heavy atom. The number of primary amides is 1. The number of hydrogen-bond donors (Lipinski definition) is 4. The van der Waals surface area contributed by atoms with Gasteiger partial charge in [0.05, 0.1) is 12.2 Å². The molecule has 5 amide bonds. The first-order chi connectivity index (χ1) is 20.0. The molecule has 1 aromatic heterocycles. The molecule has 5 atom stereocenters. The van der Waals surface area contributed by atoms with Gasteiger partial charge in [-0.3, -0.25) is 24.0 Å². The van der Waals surface area contributed by atoms with Crippen molar-refractivity contribution in [2.24, 2.45) is 34.8 Å². The van der Waals surface area contributed by atoms with E-state index in [1.807, 2.05) is 13.8 Å². The topological polar surface area (TPSA) is 194 Å². The average molecular weight is 603 g/mol. The van der Waals surface area contributed by atoms with Crippen molar-refractivity contribution in [1.29, 1.82) is 0 Å².